The largest absolute Gasteiger partial charge is 0.481 e. The maximum Gasteiger partial charge on any atom is 0.310 e. The Kier molecular flexibility index (Phi) is 5.91. The lowest BCUT2D eigenvalue weighted by Gasteiger charge is -2.71. The minimum Gasteiger partial charge on any atom is -0.481 e. The van der Waals surface area contributed by atoms with E-state index in [4.69, 9.17) is 4.74 Å². The molecule has 4 saturated carbocycles. The van der Waals surface area contributed by atoms with Crippen LogP contribution < -0.4 is 0 Å². The van der Waals surface area contributed by atoms with Crippen LogP contribution in [0.4, 0.5) is 0 Å². The number of rotatable bonds is 2. The lowest BCUT2D eigenvalue weighted by atomic mass is 9.33. The van der Waals surface area contributed by atoms with Gasteiger partial charge in [-0.15, -0.1) is 0 Å². The predicted molar refractivity (Wildman–Crippen MR) is 142 cm³/mol. The molecule has 36 heavy (non-hydrogen) atoms. The van der Waals surface area contributed by atoms with Crippen molar-refractivity contribution in [1.82, 2.24) is 0 Å². The van der Waals surface area contributed by atoms with Gasteiger partial charge < -0.3 is 9.84 Å². The van der Waals surface area contributed by atoms with Crippen molar-refractivity contribution in [2.24, 2.45) is 56.7 Å². The van der Waals surface area contributed by atoms with E-state index in [2.05, 4.69) is 54.5 Å². The van der Waals surface area contributed by atoms with Crippen LogP contribution in [0.1, 0.15) is 113 Å². The molecule has 4 fully saturated rings. The summed E-state index contributed by atoms with van der Waals surface area (Å²) in [5.41, 5.74) is 1.30. The fraction of sp³-hybridized carbons (Fsp3) is 0.875. The Hall–Kier alpha value is -1.32. The van der Waals surface area contributed by atoms with Gasteiger partial charge in [-0.05, 0) is 104 Å². The third-order valence-corrected chi connectivity index (χ3v) is 13.7. The van der Waals surface area contributed by atoms with Gasteiger partial charge in [0.25, 0.3) is 0 Å². The van der Waals surface area contributed by atoms with Gasteiger partial charge in [-0.3, -0.25) is 9.59 Å². The second-order valence-electron chi connectivity index (χ2n) is 15.1. The molecule has 10 atom stereocenters. The zero-order chi connectivity index (χ0) is 26.5. The summed E-state index contributed by atoms with van der Waals surface area (Å²) in [7, 11) is 0. The van der Waals surface area contributed by atoms with Gasteiger partial charge in [-0.1, -0.05) is 60.1 Å². The van der Waals surface area contributed by atoms with Crippen LogP contribution in [0.3, 0.4) is 0 Å². The van der Waals surface area contributed by atoms with E-state index in [1.165, 1.54) is 12.0 Å². The number of ether oxygens (including phenoxy) is 1. The Bertz CT molecular complexity index is 981. The van der Waals surface area contributed by atoms with Crippen molar-refractivity contribution >= 4 is 11.9 Å². The first-order valence-electron chi connectivity index (χ1n) is 14.8. The van der Waals surface area contributed by atoms with Gasteiger partial charge in [-0.25, -0.2) is 0 Å². The lowest BCUT2D eigenvalue weighted by molar-refractivity contribution is -0.214. The molecule has 0 aromatic heterocycles. The molecule has 5 aliphatic rings. The van der Waals surface area contributed by atoms with Crippen LogP contribution in [0.15, 0.2) is 11.6 Å². The summed E-state index contributed by atoms with van der Waals surface area (Å²) >= 11 is 0. The SMILES string of the molecule is CC(=O)O[C@@H]1CC[C@@]2(C)[C@H](CC[C@]3(C)[C@@H]2CC=C2[C@@H]4[C@@H](C)[C@H](C)CC[C@]4(C(=O)O)CC[C@]23C)C1(C)C. The van der Waals surface area contributed by atoms with Crippen LogP contribution in [-0.2, 0) is 14.3 Å². The molecule has 202 valence electrons. The third-order valence-electron chi connectivity index (χ3n) is 13.7. The molecule has 0 bridgehead atoms. The molecular formula is C32H50O4. The van der Waals surface area contributed by atoms with E-state index in [9.17, 15) is 14.7 Å². The van der Waals surface area contributed by atoms with Crippen LogP contribution in [-0.4, -0.2) is 23.1 Å². The van der Waals surface area contributed by atoms with Gasteiger partial charge in [0.1, 0.15) is 6.10 Å². The van der Waals surface area contributed by atoms with Crippen molar-refractivity contribution < 1.29 is 19.4 Å². The van der Waals surface area contributed by atoms with E-state index < -0.39 is 11.4 Å². The molecule has 0 saturated heterocycles. The van der Waals surface area contributed by atoms with Crippen LogP contribution in [0.25, 0.3) is 0 Å². The summed E-state index contributed by atoms with van der Waals surface area (Å²) in [6.45, 7) is 18.5. The van der Waals surface area contributed by atoms with Gasteiger partial charge in [0, 0.05) is 12.3 Å². The van der Waals surface area contributed by atoms with Gasteiger partial charge in [0.2, 0.25) is 0 Å². The highest BCUT2D eigenvalue weighted by Gasteiger charge is 2.69. The van der Waals surface area contributed by atoms with E-state index in [1.807, 2.05) is 0 Å². The number of carboxylic acids is 1. The standard InChI is InChI=1S/C32H50O4/c1-19-11-16-32(27(34)35)18-17-30(7)22(26(32)20(19)2)9-10-24-29(6)14-13-25(36-21(3)33)28(4,5)23(29)12-15-31(24,30)8/h9,19-20,23-26H,10-18H2,1-8H3,(H,34,35)/t19-,20+,23-,24-,25-,26+,29+,30-,31-,32+/m1/s1. The lowest BCUT2D eigenvalue weighted by Crippen LogP contribution is -2.65. The van der Waals surface area contributed by atoms with Crippen LogP contribution in [0.5, 0.6) is 0 Å². The first-order valence-corrected chi connectivity index (χ1v) is 14.8. The second kappa shape index (κ2) is 8.09. The number of carbonyl (C=O) groups is 2. The Labute approximate surface area is 219 Å². The summed E-state index contributed by atoms with van der Waals surface area (Å²) in [6.07, 6.45) is 11.7. The molecule has 5 rings (SSSR count). The zero-order valence-corrected chi connectivity index (χ0v) is 24.1. The van der Waals surface area contributed by atoms with E-state index >= 15 is 0 Å². The maximum atomic E-state index is 12.9. The molecule has 5 aliphatic carbocycles. The number of carbonyl (C=O) groups excluding carboxylic acids is 1. The smallest absolute Gasteiger partial charge is 0.310 e. The van der Waals surface area contributed by atoms with Crippen molar-refractivity contribution in [3.63, 3.8) is 0 Å². The average molecular weight is 499 g/mol. The zero-order valence-electron chi connectivity index (χ0n) is 24.1. The number of fused-ring (bicyclic) bond motifs is 7. The quantitative estimate of drug-likeness (QED) is 0.313. The highest BCUT2D eigenvalue weighted by molar-refractivity contribution is 5.76. The summed E-state index contributed by atoms with van der Waals surface area (Å²) in [6, 6.07) is 0. The van der Waals surface area contributed by atoms with Crippen LogP contribution in [0, 0.1) is 56.7 Å². The van der Waals surface area contributed by atoms with Gasteiger partial charge >= 0.3 is 11.9 Å². The monoisotopic (exact) mass is 498 g/mol. The van der Waals surface area contributed by atoms with Gasteiger partial charge in [-0.2, -0.15) is 0 Å². The molecule has 0 unspecified atom stereocenters. The van der Waals surface area contributed by atoms with Crippen molar-refractivity contribution in [3.8, 4) is 0 Å². The molecule has 0 radical (unpaired) electrons. The molecule has 0 aromatic rings. The average Bonchev–Trinajstić information content (AvgIpc) is 2.78. The molecule has 0 heterocycles. The third kappa shape index (κ3) is 3.17. The number of hydrogen-bond donors (Lipinski definition) is 1. The highest BCUT2D eigenvalue weighted by atomic mass is 16.5. The molecule has 0 aliphatic heterocycles. The predicted octanol–water partition coefficient (Wildman–Crippen LogP) is 7.66. The molecular weight excluding hydrogens is 448 g/mol. The molecule has 0 spiro atoms. The van der Waals surface area contributed by atoms with Crippen molar-refractivity contribution in [2.45, 2.75) is 119 Å². The molecule has 0 aromatic carbocycles. The van der Waals surface area contributed by atoms with E-state index in [1.54, 1.807) is 6.92 Å². The number of carboxylic acid groups (broad SMARTS) is 1. The first-order chi connectivity index (χ1) is 16.6. The van der Waals surface area contributed by atoms with Crippen LogP contribution >= 0.6 is 0 Å². The van der Waals surface area contributed by atoms with Crippen LogP contribution in [0.2, 0.25) is 0 Å². The fourth-order valence-corrected chi connectivity index (χ4v) is 11.2. The van der Waals surface area contributed by atoms with Crippen molar-refractivity contribution in [1.29, 1.82) is 0 Å². The number of hydrogen-bond acceptors (Lipinski definition) is 3. The van der Waals surface area contributed by atoms with Crippen molar-refractivity contribution in [3.05, 3.63) is 11.6 Å². The summed E-state index contributed by atoms with van der Waals surface area (Å²) in [5, 5.41) is 10.6. The Morgan fingerprint density at radius 1 is 0.917 bits per heavy atom. The minimum absolute atomic E-state index is 0.00171. The number of esters is 1. The van der Waals surface area contributed by atoms with E-state index in [0.717, 1.165) is 51.4 Å². The minimum atomic E-state index is -0.578. The number of aliphatic carboxylic acids is 1. The second-order valence-corrected chi connectivity index (χ2v) is 15.1. The first kappa shape index (κ1) is 26.3. The Morgan fingerprint density at radius 2 is 1.61 bits per heavy atom. The molecule has 1 N–H and O–H groups in total. The van der Waals surface area contributed by atoms with Gasteiger partial charge in [0.05, 0.1) is 5.41 Å². The van der Waals surface area contributed by atoms with Crippen molar-refractivity contribution in [2.75, 3.05) is 0 Å². The summed E-state index contributed by atoms with van der Waals surface area (Å²) in [4.78, 5) is 24.7. The Balaban J connectivity index is 1.56. The van der Waals surface area contributed by atoms with Gasteiger partial charge in [0.15, 0.2) is 0 Å². The Morgan fingerprint density at radius 3 is 2.25 bits per heavy atom. The fourth-order valence-electron chi connectivity index (χ4n) is 11.2. The normalized spacial score (nSPS) is 51.5. The summed E-state index contributed by atoms with van der Waals surface area (Å²) in [5.74, 6) is 1.53. The molecule has 0 amide bonds. The number of allylic oxidation sites excluding steroid dienone is 2. The maximum absolute atomic E-state index is 12.9. The van der Waals surface area contributed by atoms with E-state index in [0.29, 0.717) is 23.7 Å². The topological polar surface area (TPSA) is 63.6 Å². The highest BCUT2D eigenvalue weighted by Crippen LogP contribution is 2.75. The summed E-state index contributed by atoms with van der Waals surface area (Å²) < 4.78 is 5.88. The molecule has 4 heteroatoms. The molecule has 4 nitrogen and oxygen atoms in total. The van der Waals surface area contributed by atoms with E-state index in [-0.39, 0.29) is 39.7 Å².